The number of sulfonamides is 1. The van der Waals surface area contributed by atoms with E-state index in [9.17, 15) is 17.9 Å². The van der Waals surface area contributed by atoms with E-state index in [1.54, 1.807) is 24.4 Å². The first-order valence-electron chi connectivity index (χ1n) is 9.28. The van der Waals surface area contributed by atoms with Gasteiger partial charge in [-0.3, -0.25) is 0 Å². The van der Waals surface area contributed by atoms with Gasteiger partial charge in [-0.15, -0.1) is 0 Å². The summed E-state index contributed by atoms with van der Waals surface area (Å²) >= 11 is 3.35. The molecule has 2 aromatic carbocycles. The number of hydrogen-bond acceptors (Lipinski definition) is 7. The van der Waals surface area contributed by atoms with Crippen LogP contribution < -0.4 is 15.4 Å². The Morgan fingerprint density at radius 3 is 2.61 bits per heavy atom. The first-order chi connectivity index (χ1) is 14.8. The number of aromatic nitrogens is 2. The number of aliphatic hydroxyl groups is 1. The maximum Gasteiger partial charge on any atom is 0.240 e. The summed E-state index contributed by atoms with van der Waals surface area (Å²) in [5.41, 5.74) is 1.11. The molecular weight excluding hydrogens is 489 g/mol. The molecule has 0 spiro atoms. The number of halogens is 2. The molecule has 0 radical (unpaired) electrons. The molecule has 0 bridgehead atoms. The van der Waals surface area contributed by atoms with Crippen LogP contribution in [-0.2, 0) is 16.6 Å². The first-order valence-corrected chi connectivity index (χ1v) is 11.6. The zero-order valence-electron chi connectivity index (χ0n) is 16.5. The summed E-state index contributed by atoms with van der Waals surface area (Å²) in [6, 6.07) is 11.6. The quantitative estimate of drug-likeness (QED) is 0.349. The van der Waals surface area contributed by atoms with Crippen molar-refractivity contribution in [3.05, 3.63) is 70.6 Å². The van der Waals surface area contributed by atoms with Crippen molar-refractivity contribution >= 4 is 43.4 Å². The van der Waals surface area contributed by atoms with Crippen molar-refractivity contribution in [2.75, 3.05) is 17.2 Å². The van der Waals surface area contributed by atoms with E-state index in [0.717, 1.165) is 0 Å². The molecule has 1 heterocycles. The SMILES string of the molecule is C[C@H](CO)Nc1nc(Nc2ccc(S(=O)(=O)NCc3cccc(F)c3)cc2)ncc1Br. The summed E-state index contributed by atoms with van der Waals surface area (Å²) < 4.78 is 41.3. The Balaban J connectivity index is 1.67. The highest BCUT2D eigenvalue weighted by atomic mass is 79.9. The van der Waals surface area contributed by atoms with Gasteiger partial charge in [0.25, 0.3) is 0 Å². The molecule has 0 unspecified atom stereocenters. The predicted molar refractivity (Wildman–Crippen MR) is 120 cm³/mol. The van der Waals surface area contributed by atoms with Crippen LogP contribution in [0.2, 0.25) is 0 Å². The van der Waals surface area contributed by atoms with E-state index < -0.39 is 15.8 Å². The zero-order valence-corrected chi connectivity index (χ0v) is 18.9. The van der Waals surface area contributed by atoms with Crippen molar-refractivity contribution in [3.8, 4) is 0 Å². The van der Waals surface area contributed by atoms with E-state index in [1.165, 1.54) is 30.3 Å². The molecule has 0 fully saturated rings. The number of nitrogens with zero attached hydrogens (tertiary/aromatic N) is 2. The Hall–Kier alpha value is -2.60. The molecule has 4 N–H and O–H groups in total. The Morgan fingerprint density at radius 2 is 1.94 bits per heavy atom. The van der Waals surface area contributed by atoms with E-state index >= 15 is 0 Å². The molecule has 0 aliphatic rings. The minimum atomic E-state index is -3.76. The fourth-order valence-corrected chi connectivity index (χ4v) is 3.89. The molecule has 11 heteroatoms. The van der Waals surface area contributed by atoms with E-state index in [-0.39, 0.29) is 24.1 Å². The largest absolute Gasteiger partial charge is 0.394 e. The van der Waals surface area contributed by atoms with Crippen LogP contribution in [0.1, 0.15) is 12.5 Å². The van der Waals surface area contributed by atoms with E-state index in [2.05, 4.69) is 41.3 Å². The summed E-state index contributed by atoms with van der Waals surface area (Å²) in [5.74, 6) is 0.391. The van der Waals surface area contributed by atoms with Crippen molar-refractivity contribution in [1.82, 2.24) is 14.7 Å². The monoisotopic (exact) mass is 509 g/mol. The maximum absolute atomic E-state index is 13.2. The second-order valence-corrected chi connectivity index (χ2v) is 9.34. The second-order valence-electron chi connectivity index (χ2n) is 6.72. The van der Waals surface area contributed by atoms with Gasteiger partial charge < -0.3 is 15.7 Å². The molecule has 3 aromatic rings. The third-order valence-corrected chi connectivity index (χ3v) is 6.17. The highest BCUT2D eigenvalue weighted by Gasteiger charge is 2.14. The molecular formula is C20H21BrFN5O3S. The first kappa shape index (κ1) is 23.1. The number of hydrogen-bond donors (Lipinski definition) is 4. The molecule has 3 rings (SSSR count). The third kappa shape index (κ3) is 6.44. The smallest absolute Gasteiger partial charge is 0.240 e. The Kier molecular flexibility index (Phi) is 7.55. The van der Waals surface area contributed by atoms with Gasteiger partial charge in [-0.2, -0.15) is 4.98 Å². The summed E-state index contributed by atoms with van der Waals surface area (Å²) in [4.78, 5) is 8.59. The van der Waals surface area contributed by atoms with E-state index in [0.29, 0.717) is 27.5 Å². The van der Waals surface area contributed by atoms with Crippen molar-refractivity contribution in [1.29, 1.82) is 0 Å². The summed E-state index contributed by atoms with van der Waals surface area (Å²) in [5, 5.41) is 15.2. The minimum Gasteiger partial charge on any atom is -0.394 e. The van der Waals surface area contributed by atoms with Crippen molar-refractivity contribution in [2.24, 2.45) is 0 Å². The van der Waals surface area contributed by atoms with E-state index in [4.69, 9.17) is 0 Å². The lowest BCUT2D eigenvalue weighted by Crippen LogP contribution is -2.23. The summed E-state index contributed by atoms with van der Waals surface area (Å²) in [7, 11) is -3.76. The van der Waals surface area contributed by atoms with Crippen LogP contribution >= 0.6 is 15.9 Å². The highest BCUT2D eigenvalue weighted by Crippen LogP contribution is 2.23. The molecule has 31 heavy (non-hydrogen) atoms. The minimum absolute atomic E-state index is 0.0190. The third-order valence-electron chi connectivity index (χ3n) is 4.18. The number of rotatable bonds is 9. The van der Waals surface area contributed by atoms with E-state index in [1.807, 2.05) is 6.92 Å². The van der Waals surface area contributed by atoms with Gasteiger partial charge in [-0.1, -0.05) is 12.1 Å². The molecule has 0 saturated heterocycles. The number of anilines is 3. The van der Waals surface area contributed by atoms with Crippen LogP contribution in [0, 0.1) is 5.82 Å². The van der Waals surface area contributed by atoms with Gasteiger partial charge >= 0.3 is 0 Å². The fourth-order valence-electron chi connectivity index (χ4n) is 2.56. The molecule has 1 atom stereocenters. The normalized spacial score (nSPS) is 12.4. The lowest BCUT2D eigenvalue weighted by Gasteiger charge is -2.14. The van der Waals surface area contributed by atoms with Crippen molar-refractivity contribution in [2.45, 2.75) is 24.4 Å². The number of aliphatic hydroxyl groups excluding tert-OH is 1. The van der Waals surface area contributed by atoms with Gasteiger partial charge in [0.15, 0.2) is 0 Å². The fraction of sp³-hybridized carbons (Fsp3) is 0.200. The van der Waals surface area contributed by atoms with Crippen LogP contribution in [0.25, 0.3) is 0 Å². The van der Waals surface area contributed by atoms with Crippen LogP contribution in [0.3, 0.4) is 0 Å². The van der Waals surface area contributed by atoms with Gasteiger partial charge in [0.1, 0.15) is 11.6 Å². The molecule has 0 aliphatic carbocycles. The molecule has 0 amide bonds. The molecule has 1 aromatic heterocycles. The average molecular weight is 510 g/mol. The maximum atomic E-state index is 13.2. The van der Waals surface area contributed by atoms with Gasteiger partial charge in [-0.25, -0.2) is 22.5 Å². The highest BCUT2D eigenvalue weighted by molar-refractivity contribution is 9.10. The Labute approximate surface area is 188 Å². The van der Waals surface area contributed by atoms with Crippen molar-refractivity contribution < 1.29 is 17.9 Å². The molecule has 0 aliphatic heterocycles. The molecule has 0 saturated carbocycles. The van der Waals surface area contributed by atoms with Crippen LogP contribution in [0.4, 0.5) is 21.8 Å². The lowest BCUT2D eigenvalue weighted by atomic mass is 10.2. The van der Waals surface area contributed by atoms with Crippen LogP contribution in [0.5, 0.6) is 0 Å². The van der Waals surface area contributed by atoms with Gasteiger partial charge in [0.2, 0.25) is 16.0 Å². The van der Waals surface area contributed by atoms with Crippen LogP contribution in [0.15, 0.2) is 64.1 Å². The Morgan fingerprint density at radius 1 is 1.19 bits per heavy atom. The van der Waals surface area contributed by atoms with Gasteiger partial charge in [0, 0.05) is 24.5 Å². The van der Waals surface area contributed by atoms with Crippen molar-refractivity contribution in [3.63, 3.8) is 0 Å². The van der Waals surface area contributed by atoms with Gasteiger partial charge in [-0.05, 0) is 64.8 Å². The van der Waals surface area contributed by atoms with Gasteiger partial charge in [0.05, 0.1) is 16.0 Å². The number of nitrogens with one attached hydrogen (secondary N) is 3. The average Bonchev–Trinajstić information content (AvgIpc) is 2.75. The summed E-state index contributed by atoms with van der Waals surface area (Å²) in [6.45, 7) is 1.74. The summed E-state index contributed by atoms with van der Waals surface area (Å²) in [6.07, 6.45) is 1.57. The lowest BCUT2D eigenvalue weighted by molar-refractivity contribution is 0.281. The predicted octanol–water partition coefficient (Wildman–Crippen LogP) is 3.39. The standard InChI is InChI=1S/C20H21BrFN5O3S/c1-13(12-28)25-19-18(21)11-23-20(27-19)26-16-5-7-17(8-6-16)31(29,30)24-10-14-3-2-4-15(22)9-14/h2-9,11,13,24,28H,10,12H2,1H3,(H2,23,25,26,27)/t13-/m1/s1. The zero-order chi connectivity index (χ0) is 22.4. The topological polar surface area (TPSA) is 116 Å². The Bertz CT molecular complexity index is 1150. The molecule has 164 valence electrons. The molecule has 8 nitrogen and oxygen atoms in total. The van der Waals surface area contributed by atoms with Crippen LogP contribution in [-0.4, -0.2) is 36.1 Å². The number of benzene rings is 2. The second kappa shape index (κ2) is 10.1.